The SMILES string of the molecule is Cc1nc(Nc2nnc(C3CCCCC3)s2)c2c(n1)NC(C(C)C)C(=O)N2. The molecule has 8 nitrogen and oxygen atoms in total. The van der Waals surface area contributed by atoms with Gasteiger partial charge in [0.25, 0.3) is 0 Å². The first-order chi connectivity index (χ1) is 13.0. The summed E-state index contributed by atoms with van der Waals surface area (Å²) >= 11 is 1.57. The number of carbonyl (C=O) groups is 1. The molecule has 0 spiro atoms. The normalized spacial score (nSPS) is 20.1. The molecule has 0 aromatic carbocycles. The summed E-state index contributed by atoms with van der Waals surface area (Å²) in [4.78, 5) is 21.3. The van der Waals surface area contributed by atoms with Gasteiger partial charge in [-0.25, -0.2) is 9.97 Å². The van der Waals surface area contributed by atoms with Gasteiger partial charge in [-0.1, -0.05) is 44.4 Å². The molecular formula is C18H25N7OS. The fraction of sp³-hybridized carbons (Fsp3) is 0.611. The van der Waals surface area contributed by atoms with E-state index in [1.807, 2.05) is 20.8 Å². The van der Waals surface area contributed by atoms with Crippen LogP contribution in [-0.4, -0.2) is 32.1 Å². The van der Waals surface area contributed by atoms with Crippen LogP contribution in [0.5, 0.6) is 0 Å². The molecule has 1 aliphatic carbocycles. The maximum atomic E-state index is 12.4. The van der Waals surface area contributed by atoms with Crippen LogP contribution in [0.4, 0.5) is 22.5 Å². The molecule has 2 aromatic rings. The molecular weight excluding hydrogens is 362 g/mol. The summed E-state index contributed by atoms with van der Waals surface area (Å²) in [6, 6.07) is -0.306. The molecule has 4 rings (SSSR count). The van der Waals surface area contributed by atoms with Crippen LogP contribution in [0.1, 0.15) is 62.7 Å². The van der Waals surface area contributed by atoms with Crippen molar-refractivity contribution in [3.8, 4) is 0 Å². The van der Waals surface area contributed by atoms with Crippen molar-refractivity contribution in [3.63, 3.8) is 0 Å². The Morgan fingerprint density at radius 3 is 2.67 bits per heavy atom. The largest absolute Gasteiger partial charge is 0.356 e. The van der Waals surface area contributed by atoms with Crippen LogP contribution in [-0.2, 0) is 4.79 Å². The van der Waals surface area contributed by atoms with E-state index >= 15 is 0 Å². The fourth-order valence-corrected chi connectivity index (χ4v) is 4.58. The number of aryl methyl sites for hydroxylation is 1. The lowest BCUT2D eigenvalue weighted by Crippen LogP contribution is -2.43. The molecule has 2 aromatic heterocycles. The molecule has 27 heavy (non-hydrogen) atoms. The van der Waals surface area contributed by atoms with Crippen LogP contribution in [0.2, 0.25) is 0 Å². The second-order valence-electron chi connectivity index (χ2n) is 7.60. The molecule has 3 heterocycles. The summed E-state index contributed by atoms with van der Waals surface area (Å²) in [7, 11) is 0. The van der Waals surface area contributed by atoms with E-state index in [0.29, 0.717) is 34.2 Å². The number of nitrogens with one attached hydrogen (secondary N) is 3. The number of amides is 1. The number of carbonyl (C=O) groups excluding carboxylic acids is 1. The van der Waals surface area contributed by atoms with E-state index in [0.717, 1.165) is 5.01 Å². The number of fused-ring (bicyclic) bond motifs is 1. The van der Waals surface area contributed by atoms with Crippen molar-refractivity contribution in [1.29, 1.82) is 0 Å². The Morgan fingerprint density at radius 2 is 1.93 bits per heavy atom. The van der Waals surface area contributed by atoms with E-state index in [2.05, 4.69) is 36.1 Å². The number of nitrogens with zero attached hydrogens (tertiary/aromatic N) is 4. The van der Waals surface area contributed by atoms with Crippen molar-refractivity contribution >= 4 is 39.7 Å². The smallest absolute Gasteiger partial charge is 0.247 e. The van der Waals surface area contributed by atoms with Gasteiger partial charge in [-0.3, -0.25) is 4.79 Å². The predicted octanol–water partition coefficient (Wildman–Crippen LogP) is 3.82. The second-order valence-corrected chi connectivity index (χ2v) is 8.61. The van der Waals surface area contributed by atoms with Gasteiger partial charge in [0.1, 0.15) is 22.6 Å². The molecule has 3 N–H and O–H groups in total. The lowest BCUT2D eigenvalue weighted by atomic mass is 9.90. The molecule has 0 radical (unpaired) electrons. The van der Waals surface area contributed by atoms with E-state index in [-0.39, 0.29) is 17.9 Å². The maximum absolute atomic E-state index is 12.4. The fourth-order valence-electron chi connectivity index (χ4n) is 3.67. The van der Waals surface area contributed by atoms with Gasteiger partial charge in [0, 0.05) is 5.92 Å². The minimum absolute atomic E-state index is 0.0758. The van der Waals surface area contributed by atoms with Gasteiger partial charge in [0.15, 0.2) is 11.6 Å². The Balaban J connectivity index is 1.58. The third-order valence-corrected chi connectivity index (χ3v) is 6.13. The molecule has 2 aliphatic rings. The zero-order valence-electron chi connectivity index (χ0n) is 15.9. The number of hydrogen-bond acceptors (Lipinski definition) is 8. The van der Waals surface area contributed by atoms with Crippen LogP contribution < -0.4 is 16.0 Å². The van der Waals surface area contributed by atoms with Crippen LogP contribution in [0, 0.1) is 12.8 Å². The Labute approximate surface area is 162 Å². The van der Waals surface area contributed by atoms with Crippen molar-refractivity contribution in [2.24, 2.45) is 5.92 Å². The molecule has 1 amide bonds. The van der Waals surface area contributed by atoms with E-state index in [4.69, 9.17) is 0 Å². The molecule has 1 saturated carbocycles. The Kier molecular flexibility index (Phi) is 4.94. The second kappa shape index (κ2) is 7.38. The quantitative estimate of drug-likeness (QED) is 0.732. The number of anilines is 4. The van der Waals surface area contributed by atoms with E-state index in [1.165, 1.54) is 32.1 Å². The lowest BCUT2D eigenvalue weighted by Gasteiger charge is -2.29. The summed E-state index contributed by atoms with van der Waals surface area (Å²) in [5.41, 5.74) is 0.567. The van der Waals surface area contributed by atoms with Crippen molar-refractivity contribution in [2.45, 2.75) is 64.8 Å². The minimum Gasteiger partial charge on any atom is -0.356 e. The molecule has 9 heteroatoms. The minimum atomic E-state index is -0.306. The highest BCUT2D eigenvalue weighted by Gasteiger charge is 2.31. The molecule has 1 atom stereocenters. The average Bonchev–Trinajstić information content (AvgIpc) is 3.11. The third-order valence-electron chi connectivity index (χ3n) is 5.13. The lowest BCUT2D eigenvalue weighted by molar-refractivity contribution is -0.117. The van der Waals surface area contributed by atoms with Gasteiger partial charge in [0.2, 0.25) is 11.0 Å². The molecule has 1 aliphatic heterocycles. The first-order valence-electron chi connectivity index (χ1n) is 9.57. The van der Waals surface area contributed by atoms with E-state index in [1.54, 1.807) is 11.3 Å². The van der Waals surface area contributed by atoms with Crippen molar-refractivity contribution < 1.29 is 4.79 Å². The summed E-state index contributed by atoms with van der Waals surface area (Å²) in [6.45, 7) is 5.84. The summed E-state index contributed by atoms with van der Waals surface area (Å²) in [6.07, 6.45) is 6.22. The van der Waals surface area contributed by atoms with Gasteiger partial charge < -0.3 is 16.0 Å². The van der Waals surface area contributed by atoms with Crippen LogP contribution >= 0.6 is 11.3 Å². The number of rotatable bonds is 4. The third kappa shape index (κ3) is 3.73. The Hall–Kier alpha value is -2.29. The Morgan fingerprint density at radius 1 is 1.15 bits per heavy atom. The zero-order valence-corrected chi connectivity index (χ0v) is 16.7. The molecule has 1 fully saturated rings. The van der Waals surface area contributed by atoms with Gasteiger partial charge in [-0.2, -0.15) is 0 Å². The standard InChI is InChI=1S/C18H25N7OS/c1-9(2)12-16(26)22-13-14(21-12)19-10(3)20-15(13)23-18-25-24-17(27-18)11-7-5-4-6-8-11/h9,11-12H,4-8H2,1-3H3,(H,22,26)(H2,19,20,21,23,25). The van der Waals surface area contributed by atoms with Crippen molar-refractivity contribution in [3.05, 3.63) is 10.8 Å². The Bertz CT molecular complexity index is 844. The van der Waals surface area contributed by atoms with E-state index in [9.17, 15) is 4.79 Å². The summed E-state index contributed by atoms with van der Waals surface area (Å²) in [5.74, 6) is 2.41. The van der Waals surface area contributed by atoms with Gasteiger partial charge in [-0.15, -0.1) is 10.2 Å². The topological polar surface area (TPSA) is 105 Å². The first-order valence-corrected chi connectivity index (χ1v) is 10.4. The summed E-state index contributed by atoms with van der Waals surface area (Å²) in [5, 5.41) is 19.9. The monoisotopic (exact) mass is 387 g/mol. The molecule has 144 valence electrons. The highest BCUT2D eigenvalue weighted by Crippen LogP contribution is 2.38. The van der Waals surface area contributed by atoms with Crippen molar-refractivity contribution in [2.75, 3.05) is 16.0 Å². The predicted molar refractivity (Wildman–Crippen MR) is 107 cm³/mol. The number of hydrogen-bond donors (Lipinski definition) is 3. The van der Waals surface area contributed by atoms with E-state index < -0.39 is 0 Å². The van der Waals surface area contributed by atoms with Crippen molar-refractivity contribution in [1.82, 2.24) is 20.2 Å². The highest BCUT2D eigenvalue weighted by molar-refractivity contribution is 7.15. The van der Waals surface area contributed by atoms with Crippen LogP contribution in [0.25, 0.3) is 0 Å². The van der Waals surface area contributed by atoms with Crippen LogP contribution in [0.3, 0.4) is 0 Å². The van der Waals surface area contributed by atoms with Gasteiger partial charge >= 0.3 is 0 Å². The van der Waals surface area contributed by atoms with Gasteiger partial charge in [-0.05, 0) is 25.7 Å². The molecule has 1 unspecified atom stereocenters. The molecule has 0 bridgehead atoms. The first kappa shape index (κ1) is 18.1. The average molecular weight is 388 g/mol. The maximum Gasteiger partial charge on any atom is 0.247 e. The van der Waals surface area contributed by atoms with Gasteiger partial charge in [0.05, 0.1) is 0 Å². The summed E-state index contributed by atoms with van der Waals surface area (Å²) < 4.78 is 0. The molecule has 0 saturated heterocycles. The van der Waals surface area contributed by atoms with Crippen LogP contribution in [0.15, 0.2) is 0 Å². The highest BCUT2D eigenvalue weighted by atomic mass is 32.1. The number of aromatic nitrogens is 4. The zero-order chi connectivity index (χ0) is 19.0.